The fraction of sp³-hybridized carbons (Fsp3) is 0.265. The summed E-state index contributed by atoms with van der Waals surface area (Å²) in [6, 6.07) is 20.2. The number of carbonyl (C=O) groups excluding carboxylic acids is 3. The first-order chi connectivity index (χ1) is 22.1. The number of piperazine rings is 1. The third-order valence-electron chi connectivity index (χ3n) is 7.58. The fourth-order valence-electron chi connectivity index (χ4n) is 5.00. The predicted octanol–water partition coefficient (Wildman–Crippen LogP) is 4.15. The Hall–Kier alpha value is -4.78. The van der Waals surface area contributed by atoms with Crippen molar-refractivity contribution in [2.75, 3.05) is 32.7 Å². The van der Waals surface area contributed by atoms with E-state index >= 15 is 0 Å². The number of hydrogen-bond donors (Lipinski definition) is 1. The summed E-state index contributed by atoms with van der Waals surface area (Å²) in [7, 11) is -3.48. The van der Waals surface area contributed by atoms with Crippen molar-refractivity contribution in [3.05, 3.63) is 113 Å². The lowest BCUT2D eigenvalue weighted by molar-refractivity contribution is 0.0622. The lowest BCUT2D eigenvalue weighted by Gasteiger charge is -2.34. The van der Waals surface area contributed by atoms with E-state index < -0.39 is 10.0 Å². The number of nitrogens with one attached hydrogen (secondary N) is 1. The van der Waals surface area contributed by atoms with Crippen LogP contribution >= 0.6 is 0 Å². The van der Waals surface area contributed by atoms with Crippen molar-refractivity contribution in [1.82, 2.24) is 24.5 Å². The van der Waals surface area contributed by atoms with Crippen molar-refractivity contribution >= 4 is 27.5 Å². The van der Waals surface area contributed by atoms with E-state index in [4.69, 9.17) is 4.74 Å². The van der Waals surface area contributed by atoms with Crippen LogP contribution in [0.1, 0.15) is 56.2 Å². The van der Waals surface area contributed by atoms with Crippen LogP contribution < -0.4 is 9.46 Å². The van der Waals surface area contributed by atoms with Gasteiger partial charge in [0.05, 0.1) is 4.90 Å². The van der Waals surface area contributed by atoms with Gasteiger partial charge in [0.1, 0.15) is 11.4 Å². The standard InChI is InChI=1S/C34H35N5O6S/c1-3-37-46(43,44)30-12-4-25(5-13-30)23-38-16-18-39(19-17-38)34(42)31-14-9-28(22-35-31)32(41)20-26-6-15-33(36-21-26)45-29-10-7-27(8-11-29)24(2)40/h4-15,21-22,37H,3,16-20,23H2,1-2H3. The number of nitrogens with zero attached hydrogens (tertiary/aromatic N) is 4. The minimum Gasteiger partial charge on any atom is -0.439 e. The maximum absolute atomic E-state index is 13.1. The maximum Gasteiger partial charge on any atom is 0.272 e. The summed E-state index contributed by atoms with van der Waals surface area (Å²) in [5.74, 6) is 0.551. The van der Waals surface area contributed by atoms with E-state index in [2.05, 4.69) is 19.6 Å². The molecule has 1 fully saturated rings. The lowest BCUT2D eigenvalue weighted by Crippen LogP contribution is -2.48. The maximum atomic E-state index is 13.1. The van der Waals surface area contributed by atoms with Gasteiger partial charge in [-0.2, -0.15) is 0 Å². The first kappa shape index (κ1) is 32.6. The quantitative estimate of drug-likeness (QED) is 0.226. The summed E-state index contributed by atoms with van der Waals surface area (Å²) in [6.07, 6.45) is 3.12. The summed E-state index contributed by atoms with van der Waals surface area (Å²) in [6.45, 7) is 6.63. The van der Waals surface area contributed by atoms with Crippen LogP contribution in [0.4, 0.5) is 0 Å². The molecule has 0 aliphatic carbocycles. The Bertz CT molecular complexity index is 1790. The molecule has 0 bridgehead atoms. The zero-order chi connectivity index (χ0) is 32.7. The van der Waals surface area contributed by atoms with Crippen molar-refractivity contribution in [3.63, 3.8) is 0 Å². The van der Waals surface area contributed by atoms with Crippen LogP contribution in [0, 0.1) is 0 Å². The van der Waals surface area contributed by atoms with Crippen LogP contribution in [-0.4, -0.2) is 78.4 Å². The Morgan fingerprint density at radius 2 is 1.48 bits per heavy atom. The Morgan fingerprint density at radius 3 is 2.07 bits per heavy atom. The third kappa shape index (κ3) is 8.27. The number of pyridine rings is 2. The lowest BCUT2D eigenvalue weighted by atomic mass is 10.1. The van der Waals surface area contributed by atoms with Gasteiger partial charge in [-0.3, -0.25) is 24.3 Å². The minimum atomic E-state index is -3.48. The zero-order valence-electron chi connectivity index (χ0n) is 25.7. The molecule has 2 aromatic heterocycles. The summed E-state index contributed by atoms with van der Waals surface area (Å²) >= 11 is 0. The van der Waals surface area contributed by atoms with Crippen molar-refractivity contribution in [3.8, 4) is 11.6 Å². The number of benzene rings is 2. The van der Waals surface area contributed by atoms with E-state index in [-0.39, 0.29) is 34.5 Å². The van der Waals surface area contributed by atoms with Crippen LogP contribution in [-0.2, 0) is 23.0 Å². The van der Waals surface area contributed by atoms with Crippen LogP contribution in [0.15, 0.2) is 90.1 Å². The SMILES string of the molecule is CCNS(=O)(=O)c1ccc(CN2CCN(C(=O)c3ccc(C(=O)Cc4ccc(Oc5ccc(C(C)=O)cc5)nc4)cn3)CC2)cc1. The molecule has 2 aromatic carbocycles. The summed E-state index contributed by atoms with van der Waals surface area (Å²) in [5, 5.41) is 0. The van der Waals surface area contributed by atoms with Gasteiger partial charge in [-0.25, -0.2) is 18.1 Å². The highest BCUT2D eigenvalue weighted by atomic mass is 32.2. The van der Waals surface area contributed by atoms with Gasteiger partial charge >= 0.3 is 0 Å². The molecule has 0 atom stereocenters. The number of ketones is 2. The molecule has 1 aliphatic rings. The van der Waals surface area contributed by atoms with E-state index in [0.29, 0.717) is 67.6 Å². The molecule has 0 spiro atoms. The molecule has 3 heterocycles. The van der Waals surface area contributed by atoms with Gasteiger partial charge in [-0.05, 0) is 66.6 Å². The number of carbonyl (C=O) groups is 3. The number of rotatable bonds is 12. The predicted molar refractivity (Wildman–Crippen MR) is 172 cm³/mol. The van der Waals surface area contributed by atoms with Gasteiger partial charge in [-0.15, -0.1) is 0 Å². The molecule has 12 heteroatoms. The molecule has 0 saturated carbocycles. The third-order valence-corrected chi connectivity index (χ3v) is 9.15. The number of hydrogen-bond acceptors (Lipinski definition) is 9. The van der Waals surface area contributed by atoms with Crippen molar-refractivity contribution in [2.45, 2.75) is 31.7 Å². The van der Waals surface area contributed by atoms with Crippen molar-refractivity contribution < 1.29 is 27.5 Å². The van der Waals surface area contributed by atoms with E-state index in [1.165, 1.54) is 13.1 Å². The molecule has 1 N–H and O–H groups in total. The molecule has 0 radical (unpaired) electrons. The van der Waals surface area contributed by atoms with Gasteiger partial charge in [0.25, 0.3) is 5.91 Å². The average Bonchev–Trinajstić information content (AvgIpc) is 3.06. The Kier molecular flexibility index (Phi) is 10.3. The summed E-state index contributed by atoms with van der Waals surface area (Å²) < 4.78 is 32.5. The Balaban J connectivity index is 1.09. The van der Waals surface area contributed by atoms with E-state index in [9.17, 15) is 22.8 Å². The molecule has 1 aliphatic heterocycles. The molecule has 11 nitrogen and oxygen atoms in total. The highest BCUT2D eigenvalue weighted by molar-refractivity contribution is 7.89. The smallest absolute Gasteiger partial charge is 0.272 e. The summed E-state index contributed by atoms with van der Waals surface area (Å²) in [4.78, 5) is 50.2. The minimum absolute atomic E-state index is 0.0241. The number of amides is 1. The van der Waals surface area contributed by atoms with Crippen molar-refractivity contribution in [1.29, 1.82) is 0 Å². The van der Waals surface area contributed by atoms with Gasteiger partial charge in [0.2, 0.25) is 15.9 Å². The Labute approximate surface area is 268 Å². The van der Waals surface area contributed by atoms with Gasteiger partial charge < -0.3 is 9.64 Å². The van der Waals surface area contributed by atoms with Gasteiger partial charge in [0, 0.05) is 75.3 Å². The fourth-order valence-corrected chi connectivity index (χ4v) is 6.04. The van der Waals surface area contributed by atoms with Gasteiger partial charge in [0.15, 0.2) is 11.6 Å². The second-order valence-electron chi connectivity index (χ2n) is 10.9. The highest BCUT2D eigenvalue weighted by Crippen LogP contribution is 2.21. The van der Waals surface area contributed by atoms with E-state index in [0.717, 1.165) is 5.56 Å². The Morgan fingerprint density at radius 1 is 0.804 bits per heavy atom. The largest absolute Gasteiger partial charge is 0.439 e. The van der Waals surface area contributed by atoms with Crippen LogP contribution in [0.2, 0.25) is 0 Å². The van der Waals surface area contributed by atoms with Gasteiger partial charge in [-0.1, -0.05) is 25.1 Å². The molecular weight excluding hydrogens is 606 g/mol. The molecule has 4 aromatic rings. The van der Waals surface area contributed by atoms with E-state index in [1.54, 1.807) is 78.7 Å². The number of Topliss-reactive ketones (excluding diaryl/α,β-unsaturated/α-hetero) is 2. The molecule has 5 rings (SSSR count). The molecule has 1 amide bonds. The number of aromatic nitrogens is 2. The molecule has 46 heavy (non-hydrogen) atoms. The highest BCUT2D eigenvalue weighted by Gasteiger charge is 2.23. The van der Waals surface area contributed by atoms with E-state index in [1.807, 2.05) is 12.1 Å². The average molecular weight is 642 g/mol. The molecule has 1 saturated heterocycles. The summed E-state index contributed by atoms with van der Waals surface area (Å²) in [5.41, 5.74) is 2.97. The van der Waals surface area contributed by atoms with Crippen LogP contribution in [0.25, 0.3) is 0 Å². The molecular formula is C34H35N5O6S. The van der Waals surface area contributed by atoms with Crippen LogP contribution in [0.5, 0.6) is 11.6 Å². The number of sulfonamides is 1. The topological polar surface area (TPSA) is 139 Å². The first-order valence-electron chi connectivity index (χ1n) is 14.9. The number of ether oxygens (including phenoxy) is 1. The van der Waals surface area contributed by atoms with Crippen molar-refractivity contribution in [2.24, 2.45) is 0 Å². The zero-order valence-corrected chi connectivity index (χ0v) is 26.5. The van der Waals surface area contributed by atoms with Crippen LogP contribution in [0.3, 0.4) is 0 Å². The second-order valence-corrected chi connectivity index (χ2v) is 12.7. The molecule has 0 unspecified atom stereocenters. The monoisotopic (exact) mass is 641 g/mol. The normalized spacial score (nSPS) is 13.7. The second kappa shape index (κ2) is 14.5. The first-order valence-corrected chi connectivity index (χ1v) is 16.4. The molecule has 238 valence electrons.